The molecule has 0 radical (unpaired) electrons. The van der Waals surface area contributed by atoms with Crippen LogP contribution < -0.4 is 41.5 Å². The summed E-state index contributed by atoms with van der Waals surface area (Å²) in [4.78, 5) is 11.4. The van der Waals surface area contributed by atoms with E-state index in [4.69, 9.17) is 9.97 Å². The quantitative estimate of drug-likeness (QED) is 0.0903. The van der Waals surface area contributed by atoms with Crippen LogP contribution in [0.15, 0.2) is 328 Å². The zero-order valence-corrected chi connectivity index (χ0v) is 47.0. The minimum atomic E-state index is -2.81. The van der Waals surface area contributed by atoms with Crippen molar-refractivity contribution in [3.8, 4) is 34.2 Å². The highest BCUT2D eigenvalue weighted by Crippen LogP contribution is 2.42. The Morgan fingerprint density at radius 1 is 0.256 bits per heavy atom. The van der Waals surface area contributed by atoms with Crippen LogP contribution in [0.3, 0.4) is 0 Å². The Bertz CT molecular complexity index is 4360. The zero-order chi connectivity index (χ0) is 54.5. The van der Waals surface area contributed by atoms with Gasteiger partial charge in [0, 0.05) is 44.4 Å². The molecule has 0 aliphatic carbocycles. The molecule has 0 spiro atoms. The predicted molar refractivity (Wildman–Crippen MR) is 349 cm³/mol. The Balaban J connectivity index is 0.980. The van der Waals surface area contributed by atoms with Crippen LogP contribution in [0.5, 0.6) is 0 Å². The van der Waals surface area contributed by atoms with Crippen molar-refractivity contribution in [1.82, 2.24) is 19.1 Å². The van der Waals surface area contributed by atoms with E-state index in [-0.39, 0.29) is 0 Å². The van der Waals surface area contributed by atoms with Gasteiger partial charge < -0.3 is 4.57 Å². The van der Waals surface area contributed by atoms with Gasteiger partial charge in [0.2, 0.25) is 0 Å². The Morgan fingerprint density at radius 3 is 1.07 bits per heavy atom. The maximum atomic E-state index is 5.73. The lowest BCUT2D eigenvalue weighted by atomic mass is 10.1. The summed E-state index contributed by atoms with van der Waals surface area (Å²) in [5.41, 5.74) is 8.39. The van der Waals surface area contributed by atoms with E-state index in [0.717, 1.165) is 50.4 Å². The van der Waals surface area contributed by atoms with Crippen molar-refractivity contribution in [2.45, 2.75) is 0 Å². The van der Waals surface area contributed by atoms with Crippen LogP contribution in [0.1, 0.15) is 0 Å². The molecule has 15 rings (SSSR count). The second kappa shape index (κ2) is 20.4. The Labute approximate surface area is 479 Å². The molecule has 386 valence electrons. The molecule has 0 fully saturated rings. The largest absolute Gasteiger partial charge is 0.309 e. The van der Waals surface area contributed by atoms with Crippen molar-refractivity contribution in [2.24, 2.45) is 0 Å². The van der Waals surface area contributed by atoms with Crippen LogP contribution in [-0.4, -0.2) is 35.2 Å². The van der Waals surface area contributed by atoms with Gasteiger partial charge in [0.1, 0.15) is 5.82 Å². The van der Waals surface area contributed by atoms with Crippen molar-refractivity contribution in [3.05, 3.63) is 328 Å². The van der Waals surface area contributed by atoms with E-state index >= 15 is 0 Å². The number of hydrogen-bond acceptors (Lipinski definition) is 2. The molecule has 0 N–H and O–H groups in total. The molecular formula is C76H54N4Si2. The summed E-state index contributed by atoms with van der Waals surface area (Å²) < 4.78 is 4.81. The molecule has 0 unspecified atom stereocenters. The Kier molecular flexibility index (Phi) is 12.2. The van der Waals surface area contributed by atoms with Crippen molar-refractivity contribution < 1.29 is 0 Å². The molecule has 0 aliphatic heterocycles. The first-order chi connectivity index (χ1) is 40.7. The highest BCUT2D eigenvalue weighted by molar-refractivity contribution is 7.20. The molecule has 82 heavy (non-hydrogen) atoms. The number of benzene rings is 12. The van der Waals surface area contributed by atoms with E-state index in [1.807, 2.05) is 0 Å². The fourth-order valence-electron chi connectivity index (χ4n) is 13.3. The van der Waals surface area contributed by atoms with Crippen LogP contribution in [0.25, 0.3) is 77.8 Å². The minimum Gasteiger partial charge on any atom is -0.309 e. The third kappa shape index (κ3) is 7.86. The van der Waals surface area contributed by atoms with E-state index in [9.17, 15) is 0 Å². The Morgan fingerprint density at radius 2 is 0.622 bits per heavy atom. The number of hydrogen-bond donors (Lipinski definition) is 0. The van der Waals surface area contributed by atoms with Crippen molar-refractivity contribution in [2.75, 3.05) is 0 Å². The first kappa shape index (κ1) is 48.8. The standard InChI is InChI=1S/C76H54N4Si2/c1-8-26-57(27-9-1)79-71-43-25-23-41-68(71)74-72(79)53-52-67-66-40-22-24-42-70(66)80(75(67)74)73-54-69(55-44-48-64(49-45-55)81(58-28-10-2-11-29-58,59-30-12-3-13-31-59)60-32-14-4-15-33-60)77-76(78-73)56-46-50-65(51-47-56)82(61-34-16-5-17-35-61,62-36-18-6-19-37-62)63-38-20-7-21-39-63/h1-54H. The average Bonchev–Trinajstić information content (AvgIpc) is 3.41. The van der Waals surface area contributed by atoms with E-state index in [2.05, 4.69) is 337 Å². The minimum absolute atomic E-state index is 0.654. The highest BCUT2D eigenvalue weighted by Gasteiger charge is 2.43. The maximum absolute atomic E-state index is 5.73. The molecule has 3 heterocycles. The summed E-state index contributed by atoms with van der Waals surface area (Å²) in [7, 11) is -5.62. The molecule has 0 aliphatic rings. The van der Waals surface area contributed by atoms with Crippen molar-refractivity contribution >= 4 is 101 Å². The molecule has 0 atom stereocenters. The molecule has 0 saturated carbocycles. The number of aromatic nitrogens is 4. The number of fused-ring (bicyclic) bond motifs is 7. The normalized spacial score (nSPS) is 11.9. The van der Waals surface area contributed by atoms with Crippen LogP contribution in [0, 0.1) is 0 Å². The molecule has 0 saturated heterocycles. The highest BCUT2D eigenvalue weighted by atomic mass is 28.3. The lowest BCUT2D eigenvalue weighted by Crippen LogP contribution is -2.74. The fourth-order valence-corrected chi connectivity index (χ4v) is 22.8. The number of para-hydroxylation sites is 3. The van der Waals surface area contributed by atoms with Gasteiger partial charge in [-0.25, -0.2) is 9.97 Å². The van der Waals surface area contributed by atoms with E-state index in [0.29, 0.717) is 5.82 Å². The van der Waals surface area contributed by atoms with Gasteiger partial charge in [0.15, 0.2) is 22.0 Å². The van der Waals surface area contributed by atoms with Gasteiger partial charge in [-0.05, 0) is 71.8 Å². The molecule has 15 aromatic rings. The summed E-state index contributed by atoms with van der Waals surface area (Å²) in [6.07, 6.45) is 0. The monoisotopic (exact) mass is 1080 g/mol. The molecule has 0 amide bonds. The van der Waals surface area contributed by atoms with Crippen molar-refractivity contribution in [1.29, 1.82) is 0 Å². The molecular weight excluding hydrogens is 1030 g/mol. The Hall–Kier alpha value is -10.2. The molecule has 0 bridgehead atoms. The first-order valence-corrected chi connectivity index (χ1v) is 32.1. The van der Waals surface area contributed by atoms with Crippen LogP contribution in [0.4, 0.5) is 0 Å². The maximum Gasteiger partial charge on any atom is 0.179 e. The van der Waals surface area contributed by atoms with Gasteiger partial charge in [0.25, 0.3) is 0 Å². The second-order valence-corrected chi connectivity index (χ2v) is 28.8. The van der Waals surface area contributed by atoms with Gasteiger partial charge in [-0.1, -0.05) is 291 Å². The molecule has 3 aromatic heterocycles. The number of nitrogens with zero attached hydrogens (tertiary/aromatic N) is 4. The van der Waals surface area contributed by atoms with Gasteiger partial charge in [-0.2, -0.15) is 0 Å². The lowest BCUT2D eigenvalue weighted by Gasteiger charge is -2.34. The summed E-state index contributed by atoms with van der Waals surface area (Å²) in [6, 6.07) is 120. The molecule has 6 heteroatoms. The number of rotatable bonds is 12. The van der Waals surface area contributed by atoms with Gasteiger partial charge in [-0.3, -0.25) is 4.57 Å². The summed E-state index contributed by atoms with van der Waals surface area (Å²) >= 11 is 0. The summed E-state index contributed by atoms with van der Waals surface area (Å²) in [6.45, 7) is 0. The summed E-state index contributed by atoms with van der Waals surface area (Å²) in [5, 5.41) is 15.3. The van der Waals surface area contributed by atoms with E-state index < -0.39 is 16.1 Å². The average molecular weight is 1080 g/mol. The fraction of sp³-hybridized carbons (Fsp3) is 0. The first-order valence-electron chi connectivity index (χ1n) is 28.1. The van der Waals surface area contributed by atoms with Gasteiger partial charge >= 0.3 is 0 Å². The SMILES string of the molecule is c1ccc(-n2c3ccccc3c3c2ccc2c4ccccc4n(-c4cc(-c5ccc([Si](c6ccccc6)(c6ccccc6)c6ccccc6)cc5)nc(-c5ccc([Si](c6ccccc6)(c6ccccc6)c6ccccc6)cc5)n4)c23)cc1. The third-order valence-electron chi connectivity index (χ3n) is 16.9. The van der Waals surface area contributed by atoms with E-state index in [1.165, 1.54) is 63.0 Å². The van der Waals surface area contributed by atoms with Gasteiger partial charge in [-0.15, -0.1) is 0 Å². The van der Waals surface area contributed by atoms with Gasteiger partial charge in [0.05, 0.1) is 27.8 Å². The lowest BCUT2D eigenvalue weighted by molar-refractivity contribution is 1.05. The predicted octanol–water partition coefficient (Wildman–Crippen LogP) is 12.8. The third-order valence-corrected chi connectivity index (χ3v) is 26.5. The van der Waals surface area contributed by atoms with E-state index in [1.54, 1.807) is 0 Å². The van der Waals surface area contributed by atoms with Crippen LogP contribution in [0.2, 0.25) is 0 Å². The smallest absolute Gasteiger partial charge is 0.179 e. The van der Waals surface area contributed by atoms with Crippen LogP contribution >= 0.6 is 0 Å². The molecule has 4 nitrogen and oxygen atoms in total. The zero-order valence-electron chi connectivity index (χ0n) is 45.0. The van der Waals surface area contributed by atoms with Crippen molar-refractivity contribution in [3.63, 3.8) is 0 Å². The summed E-state index contributed by atoms with van der Waals surface area (Å²) in [5.74, 6) is 1.45. The molecule has 12 aromatic carbocycles. The van der Waals surface area contributed by atoms with Crippen LogP contribution in [-0.2, 0) is 0 Å². The second-order valence-electron chi connectivity index (χ2n) is 21.2. The topological polar surface area (TPSA) is 35.6 Å².